The molecule has 0 saturated heterocycles. The normalized spacial score (nSPS) is 11.3. The third-order valence-electron chi connectivity index (χ3n) is 3.00. The van der Waals surface area contributed by atoms with E-state index in [1.54, 1.807) is 19.2 Å². The number of aliphatic hydroxyl groups excluding tert-OH is 1. The van der Waals surface area contributed by atoms with Crippen molar-refractivity contribution in [1.82, 2.24) is 10.3 Å². The fourth-order valence-corrected chi connectivity index (χ4v) is 2.59. The SMILES string of the molecule is CCOc1ccc(-c2nc(C(=O)NC(C)(C)CO)cs2)cc1. The second-order valence-corrected chi connectivity index (χ2v) is 6.35. The predicted molar refractivity (Wildman–Crippen MR) is 87.4 cm³/mol. The molecular weight excluding hydrogens is 300 g/mol. The Morgan fingerprint density at radius 3 is 2.64 bits per heavy atom. The summed E-state index contributed by atoms with van der Waals surface area (Å²) in [4.78, 5) is 16.5. The molecule has 0 saturated carbocycles. The van der Waals surface area contributed by atoms with Gasteiger partial charge in [-0.2, -0.15) is 0 Å². The lowest BCUT2D eigenvalue weighted by atomic mass is 10.1. The number of hydrogen-bond acceptors (Lipinski definition) is 5. The molecule has 2 rings (SSSR count). The number of aliphatic hydroxyl groups is 1. The second kappa shape index (κ2) is 6.89. The molecule has 0 aliphatic heterocycles. The molecule has 1 amide bonds. The second-order valence-electron chi connectivity index (χ2n) is 5.49. The number of carbonyl (C=O) groups excluding carboxylic acids is 1. The summed E-state index contributed by atoms with van der Waals surface area (Å²) in [6.45, 7) is 5.94. The number of rotatable bonds is 6. The van der Waals surface area contributed by atoms with Crippen LogP contribution in [0.3, 0.4) is 0 Å². The zero-order valence-electron chi connectivity index (χ0n) is 12.9. The molecule has 0 unspecified atom stereocenters. The molecule has 0 radical (unpaired) electrons. The van der Waals surface area contributed by atoms with Crippen LogP contribution in [-0.2, 0) is 0 Å². The van der Waals surface area contributed by atoms with Crippen LogP contribution in [-0.4, -0.2) is 34.8 Å². The van der Waals surface area contributed by atoms with E-state index in [4.69, 9.17) is 4.74 Å². The summed E-state index contributed by atoms with van der Waals surface area (Å²) in [6.07, 6.45) is 0. The first kappa shape index (κ1) is 16.5. The van der Waals surface area contributed by atoms with Gasteiger partial charge in [-0.3, -0.25) is 4.79 Å². The lowest BCUT2D eigenvalue weighted by Crippen LogP contribution is -2.46. The minimum absolute atomic E-state index is 0.130. The Labute approximate surface area is 134 Å². The Balaban J connectivity index is 2.12. The molecule has 1 aromatic carbocycles. The van der Waals surface area contributed by atoms with E-state index < -0.39 is 5.54 Å². The van der Waals surface area contributed by atoms with Crippen molar-refractivity contribution in [2.75, 3.05) is 13.2 Å². The summed E-state index contributed by atoms with van der Waals surface area (Å²) in [5, 5.41) is 14.4. The molecule has 0 spiro atoms. The van der Waals surface area contributed by atoms with Crippen LogP contribution < -0.4 is 10.1 Å². The van der Waals surface area contributed by atoms with Crippen molar-refractivity contribution in [3.63, 3.8) is 0 Å². The molecule has 0 atom stereocenters. The molecule has 118 valence electrons. The van der Waals surface area contributed by atoms with E-state index in [-0.39, 0.29) is 12.5 Å². The number of benzene rings is 1. The lowest BCUT2D eigenvalue weighted by molar-refractivity contribution is 0.0865. The van der Waals surface area contributed by atoms with Gasteiger partial charge < -0.3 is 15.2 Å². The number of ether oxygens (including phenoxy) is 1. The van der Waals surface area contributed by atoms with Gasteiger partial charge in [0.2, 0.25) is 0 Å². The van der Waals surface area contributed by atoms with E-state index in [1.165, 1.54) is 11.3 Å². The minimum atomic E-state index is -0.667. The molecule has 5 nitrogen and oxygen atoms in total. The fraction of sp³-hybridized carbons (Fsp3) is 0.375. The van der Waals surface area contributed by atoms with Crippen molar-refractivity contribution in [2.45, 2.75) is 26.3 Å². The summed E-state index contributed by atoms with van der Waals surface area (Å²) >= 11 is 1.41. The van der Waals surface area contributed by atoms with Gasteiger partial charge >= 0.3 is 0 Å². The minimum Gasteiger partial charge on any atom is -0.494 e. The highest BCUT2D eigenvalue weighted by molar-refractivity contribution is 7.13. The van der Waals surface area contributed by atoms with Gasteiger partial charge in [-0.05, 0) is 45.0 Å². The number of amides is 1. The quantitative estimate of drug-likeness (QED) is 0.858. The van der Waals surface area contributed by atoms with Gasteiger partial charge in [-0.15, -0.1) is 11.3 Å². The van der Waals surface area contributed by atoms with E-state index in [0.717, 1.165) is 16.3 Å². The molecule has 2 aromatic rings. The largest absolute Gasteiger partial charge is 0.494 e. The van der Waals surface area contributed by atoms with Crippen molar-refractivity contribution >= 4 is 17.2 Å². The topological polar surface area (TPSA) is 71.5 Å². The zero-order chi connectivity index (χ0) is 16.2. The van der Waals surface area contributed by atoms with Crippen LogP contribution in [0.2, 0.25) is 0 Å². The number of hydrogen-bond donors (Lipinski definition) is 2. The fourth-order valence-electron chi connectivity index (χ4n) is 1.78. The van der Waals surface area contributed by atoms with E-state index in [1.807, 2.05) is 31.2 Å². The molecule has 0 aliphatic rings. The zero-order valence-corrected chi connectivity index (χ0v) is 13.7. The van der Waals surface area contributed by atoms with Crippen LogP contribution in [0, 0.1) is 0 Å². The first-order valence-electron chi connectivity index (χ1n) is 7.07. The standard InChI is InChI=1S/C16H20N2O3S/c1-4-21-12-7-5-11(6-8-12)15-17-13(9-22-15)14(20)18-16(2,3)10-19/h5-9,19H,4,10H2,1-3H3,(H,18,20). The van der Waals surface area contributed by atoms with Gasteiger partial charge in [-0.1, -0.05) is 0 Å². The summed E-state index contributed by atoms with van der Waals surface area (Å²) in [5.74, 6) is 0.526. The van der Waals surface area contributed by atoms with Gasteiger partial charge in [0, 0.05) is 10.9 Å². The Kier molecular flexibility index (Phi) is 5.15. The maximum absolute atomic E-state index is 12.1. The maximum atomic E-state index is 12.1. The molecule has 22 heavy (non-hydrogen) atoms. The van der Waals surface area contributed by atoms with Crippen LogP contribution in [0.5, 0.6) is 5.75 Å². The first-order chi connectivity index (χ1) is 10.4. The molecule has 2 N–H and O–H groups in total. The molecule has 0 bridgehead atoms. The first-order valence-corrected chi connectivity index (χ1v) is 7.95. The third kappa shape index (κ3) is 4.05. The van der Waals surface area contributed by atoms with E-state index in [0.29, 0.717) is 12.3 Å². The van der Waals surface area contributed by atoms with Gasteiger partial charge in [0.25, 0.3) is 5.91 Å². The number of aromatic nitrogens is 1. The highest BCUT2D eigenvalue weighted by atomic mass is 32.1. The molecule has 6 heteroatoms. The number of thiazole rings is 1. The van der Waals surface area contributed by atoms with E-state index in [2.05, 4.69) is 10.3 Å². The molecule has 1 heterocycles. The van der Waals surface area contributed by atoms with Gasteiger partial charge in [0.1, 0.15) is 16.5 Å². The maximum Gasteiger partial charge on any atom is 0.271 e. The smallest absolute Gasteiger partial charge is 0.271 e. The van der Waals surface area contributed by atoms with Gasteiger partial charge in [-0.25, -0.2) is 4.98 Å². The van der Waals surface area contributed by atoms with Crippen LogP contribution in [0.15, 0.2) is 29.6 Å². The Morgan fingerprint density at radius 2 is 2.05 bits per heavy atom. The molecular formula is C16H20N2O3S. The Morgan fingerprint density at radius 1 is 1.36 bits per heavy atom. The molecule has 0 fully saturated rings. The predicted octanol–water partition coefficient (Wildman–Crippen LogP) is 2.71. The average Bonchev–Trinajstić information content (AvgIpc) is 2.98. The van der Waals surface area contributed by atoms with E-state index in [9.17, 15) is 9.90 Å². The summed E-state index contributed by atoms with van der Waals surface area (Å²) in [6, 6.07) is 7.61. The van der Waals surface area contributed by atoms with Crippen molar-refractivity contribution in [3.8, 4) is 16.3 Å². The number of carbonyl (C=O) groups is 1. The Bertz CT molecular complexity index is 635. The Hall–Kier alpha value is -1.92. The van der Waals surface area contributed by atoms with E-state index >= 15 is 0 Å². The summed E-state index contributed by atoms with van der Waals surface area (Å²) in [7, 11) is 0. The highest BCUT2D eigenvalue weighted by Crippen LogP contribution is 2.26. The number of nitrogens with zero attached hydrogens (tertiary/aromatic N) is 1. The van der Waals surface area contributed by atoms with Crippen molar-refractivity contribution in [1.29, 1.82) is 0 Å². The monoisotopic (exact) mass is 320 g/mol. The van der Waals surface area contributed by atoms with Crippen molar-refractivity contribution < 1.29 is 14.6 Å². The number of nitrogens with one attached hydrogen (secondary N) is 1. The van der Waals surface area contributed by atoms with Crippen LogP contribution in [0.1, 0.15) is 31.3 Å². The van der Waals surface area contributed by atoms with Crippen LogP contribution in [0.25, 0.3) is 10.6 Å². The highest BCUT2D eigenvalue weighted by Gasteiger charge is 2.21. The van der Waals surface area contributed by atoms with Crippen molar-refractivity contribution in [3.05, 3.63) is 35.3 Å². The molecule has 0 aliphatic carbocycles. The summed E-state index contributed by atoms with van der Waals surface area (Å²) < 4.78 is 5.40. The average molecular weight is 320 g/mol. The van der Waals surface area contributed by atoms with Crippen LogP contribution >= 0.6 is 11.3 Å². The third-order valence-corrected chi connectivity index (χ3v) is 3.89. The van der Waals surface area contributed by atoms with Crippen LogP contribution in [0.4, 0.5) is 0 Å². The molecule has 1 aromatic heterocycles. The van der Waals surface area contributed by atoms with Crippen molar-refractivity contribution in [2.24, 2.45) is 0 Å². The summed E-state index contributed by atoms with van der Waals surface area (Å²) in [5.41, 5.74) is 0.629. The van der Waals surface area contributed by atoms with Gasteiger partial charge in [0.05, 0.1) is 18.8 Å². The van der Waals surface area contributed by atoms with Gasteiger partial charge in [0.15, 0.2) is 0 Å². The lowest BCUT2D eigenvalue weighted by Gasteiger charge is -2.22.